The zero-order valence-corrected chi connectivity index (χ0v) is 11.1. The van der Waals surface area contributed by atoms with Gasteiger partial charge in [0.25, 0.3) is 0 Å². The molecule has 0 aliphatic rings. The van der Waals surface area contributed by atoms with Crippen molar-refractivity contribution in [2.75, 3.05) is 0 Å². The fourth-order valence-corrected chi connectivity index (χ4v) is 2.20. The number of hydrogen-bond donors (Lipinski definition) is 1. The van der Waals surface area contributed by atoms with Crippen LogP contribution in [0.3, 0.4) is 0 Å². The van der Waals surface area contributed by atoms with E-state index in [2.05, 4.69) is 31.1 Å². The number of imidazole rings is 1. The second kappa shape index (κ2) is 4.06. The number of aromatic hydroxyl groups is 1. The normalized spacial score (nSPS) is 11.0. The summed E-state index contributed by atoms with van der Waals surface area (Å²) in [6.07, 6.45) is 3.45. The van der Waals surface area contributed by atoms with Crippen molar-refractivity contribution in [3.63, 3.8) is 0 Å². The van der Waals surface area contributed by atoms with Crippen molar-refractivity contribution in [1.82, 2.24) is 19.6 Å². The summed E-state index contributed by atoms with van der Waals surface area (Å²) in [5.41, 5.74) is 2.28. The average Bonchev–Trinajstić information content (AvgIpc) is 2.81. The van der Waals surface area contributed by atoms with Crippen molar-refractivity contribution in [1.29, 1.82) is 0 Å². The third-order valence-corrected chi connectivity index (χ3v) is 3.19. The Labute approximate surface area is 111 Å². The monoisotopic (exact) mass is 304 g/mol. The minimum Gasteiger partial charge on any atom is -0.507 e. The zero-order valence-electron chi connectivity index (χ0n) is 9.50. The smallest absolute Gasteiger partial charge is 0.173 e. The number of nitrogens with zero attached hydrogens (tertiary/aromatic N) is 4. The van der Waals surface area contributed by atoms with E-state index >= 15 is 0 Å². The van der Waals surface area contributed by atoms with Gasteiger partial charge in [-0.3, -0.25) is 4.40 Å². The first kappa shape index (κ1) is 11.2. The molecule has 1 N–H and O–H groups in total. The zero-order chi connectivity index (χ0) is 12.7. The van der Waals surface area contributed by atoms with Gasteiger partial charge in [-0.15, -0.1) is 10.2 Å². The number of phenols is 1. The van der Waals surface area contributed by atoms with Crippen molar-refractivity contribution in [3.8, 4) is 17.1 Å². The molecule has 0 amide bonds. The Morgan fingerprint density at radius 2 is 2.11 bits per heavy atom. The summed E-state index contributed by atoms with van der Waals surface area (Å²) in [7, 11) is 0. The second-order valence-electron chi connectivity index (χ2n) is 3.96. The number of aryl methyl sites for hydroxylation is 1. The Morgan fingerprint density at radius 3 is 2.89 bits per heavy atom. The molecule has 0 unspecified atom stereocenters. The van der Waals surface area contributed by atoms with Crippen LogP contribution in [0.5, 0.6) is 5.75 Å². The van der Waals surface area contributed by atoms with Crippen LogP contribution in [0.2, 0.25) is 0 Å². The van der Waals surface area contributed by atoms with Gasteiger partial charge < -0.3 is 5.11 Å². The number of rotatable bonds is 1. The van der Waals surface area contributed by atoms with Crippen LogP contribution >= 0.6 is 15.9 Å². The van der Waals surface area contributed by atoms with Gasteiger partial charge in [0.15, 0.2) is 16.1 Å². The molecule has 6 heteroatoms. The van der Waals surface area contributed by atoms with Gasteiger partial charge in [-0.05, 0) is 40.5 Å². The first-order valence-corrected chi connectivity index (χ1v) is 6.11. The standard InChI is InChI=1S/C12H9BrN4O/c1-7-2-3-8(9(18)6-7)11-16-15-10(13)12-14-4-5-17(11)12/h2-6,18H,1H3. The maximum atomic E-state index is 10.00. The summed E-state index contributed by atoms with van der Waals surface area (Å²) in [6, 6.07) is 5.44. The van der Waals surface area contributed by atoms with Crippen LogP contribution in [0.1, 0.15) is 5.56 Å². The number of benzene rings is 1. The third kappa shape index (κ3) is 1.65. The van der Waals surface area contributed by atoms with Crippen LogP contribution in [-0.2, 0) is 0 Å². The Balaban J connectivity index is 2.32. The Kier molecular flexibility index (Phi) is 2.52. The number of hydrogen-bond acceptors (Lipinski definition) is 4. The molecule has 90 valence electrons. The van der Waals surface area contributed by atoms with E-state index in [9.17, 15) is 5.11 Å². The van der Waals surface area contributed by atoms with E-state index in [0.29, 0.717) is 21.6 Å². The molecule has 1 aromatic carbocycles. The molecule has 0 atom stereocenters. The highest BCUT2D eigenvalue weighted by molar-refractivity contribution is 9.10. The Bertz CT molecular complexity index is 738. The molecule has 0 radical (unpaired) electrons. The van der Waals surface area contributed by atoms with Gasteiger partial charge in [0, 0.05) is 12.4 Å². The molecule has 0 aliphatic carbocycles. The van der Waals surface area contributed by atoms with Crippen molar-refractivity contribution < 1.29 is 5.11 Å². The molecule has 2 aromatic heterocycles. The predicted molar refractivity (Wildman–Crippen MR) is 70.3 cm³/mol. The van der Waals surface area contributed by atoms with E-state index < -0.39 is 0 Å². The molecule has 5 nitrogen and oxygen atoms in total. The summed E-state index contributed by atoms with van der Waals surface area (Å²) in [4.78, 5) is 4.18. The predicted octanol–water partition coefficient (Wildman–Crippen LogP) is 2.57. The summed E-state index contributed by atoms with van der Waals surface area (Å²) < 4.78 is 2.35. The molecular weight excluding hydrogens is 296 g/mol. The molecule has 2 heterocycles. The van der Waals surface area contributed by atoms with Gasteiger partial charge in [-0.25, -0.2) is 4.98 Å². The molecule has 3 aromatic rings. The van der Waals surface area contributed by atoms with Crippen LogP contribution in [0.25, 0.3) is 17.0 Å². The Morgan fingerprint density at radius 1 is 1.28 bits per heavy atom. The number of aromatic nitrogens is 4. The second-order valence-corrected chi connectivity index (χ2v) is 4.71. The van der Waals surface area contributed by atoms with Crippen molar-refractivity contribution in [3.05, 3.63) is 40.8 Å². The van der Waals surface area contributed by atoms with Crippen LogP contribution < -0.4 is 0 Å². The number of halogens is 1. The van der Waals surface area contributed by atoms with Gasteiger partial charge in [0.1, 0.15) is 5.75 Å². The molecule has 0 bridgehead atoms. The summed E-state index contributed by atoms with van der Waals surface area (Å²) in [6.45, 7) is 1.92. The summed E-state index contributed by atoms with van der Waals surface area (Å²) in [5.74, 6) is 0.741. The quantitative estimate of drug-likeness (QED) is 0.750. The topological polar surface area (TPSA) is 63.3 Å². The lowest BCUT2D eigenvalue weighted by Crippen LogP contribution is -1.99. The molecular formula is C12H9BrN4O. The third-order valence-electron chi connectivity index (χ3n) is 2.68. The molecule has 0 saturated heterocycles. The average molecular weight is 305 g/mol. The summed E-state index contributed by atoms with van der Waals surface area (Å²) in [5, 5.41) is 18.1. The summed E-state index contributed by atoms with van der Waals surface area (Å²) >= 11 is 3.29. The van der Waals surface area contributed by atoms with E-state index in [-0.39, 0.29) is 5.75 Å². The molecule has 3 rings (SSSR count). The van der Waals surface area contributed by atoms with Gasteiger partial charge >= 0.3 is 0 Å². The van der Waals surface area contributed by atoms with E-state index in [0.717, 1.165) is 5.56 Å². The van der Waals surface area contributed by atoms with Crippen molar-refractivity contribution in [2.24, 2.45) is 0 Å². The van der Waals surface area contributed by atoms with Crippen molar-refractivity contribution >= 4 is 21.6 Å². The molecule has 0 spiro atoms. The molecule has 0 saturated carbocycles. The highest BCUT2D eigenvalue weighted by Gasteiger charge is 2.13. The Hall–Kier alpha value is -1.95. The van der Waals surface area contributed by atoms with Crippen LogP contribution in [0, 0.1) is 6.92 Å². The minimum atomic E-state index is 0.182. The van der Waals surface area contributed by atoms with E-state index in [1.807, 2.05) is 19.1 Å². The lowest BCUT2D eigenvalue weighted by molar-refractivity contribution is 0.476. The maximum absolute atomic E-state index is 10.00. The highest BCUT2D eigenvalue weighted by atomic mass is 79.9. The van der Waals surface area contributed by atoms with Crippen LogP contribution in [0.15, 0.2) is 35.2 Å². The molecule has 0 fully saturated rings. The van der Waals surface area contributed by atoms with Crippen LogP contribution in [-0.4, -0.2) is 24.7 Å². The molecule has 18 heavy (non-hydrogen) atoms. The van der Waals surface area contributed by atoms with E-state index in [4.69, 9.17) is 0 Å². The minimum absolute atomic E-state index is 0.182. The van der Waals surface area contributed by atoms with Crippen LogP contribution in [0.4, 0.5) is 0 Å². The van der Waals surface area contributed by atoms with Gasteiger partial charge in [-0.2, -0.15) is 0 Å². The first-order chi connectivity index (χ1) is 8.66. The highest BCUT2D eigenvalue weighted by Crippen LogP contribution is 2.29. The maximum Gasteiger partial charge on any atom is 0.173 e. The van der Waals surface area contributed by atoms with Gasteiger partial charge in [-0.1, -0.05) is 6.07 Å². The van der Waals surface area contributed by atoms with Crippen molar-refractivity contribution in [2.45, 2.75) is 6.92 Å². The SMILES string of the molecule is Cc1ccc(-c2nnc(Br)c3nccn23)c(O)c1. The largest absolute Gasteiger partial charge is 0.507 e. The van der Waals surface area contributed by atoms with Gasteiger partial charge in [0.2, 0.25) is 0 Å². The fraction of sp³-hybridized carbons (Fsp3) is 0.0833. The fourth-order valence-electron chi connectivity index (χ4n) is 1.83. The van der Waals surface area contributed by atoms with Gasteiger partial charge in [0.05, 0.1) is 5.56 Å². The first-order valence-electron chi connectivity index (χ1n) is 5.32. The lowest BCUT2D eigenvalue weighted by atomic mass is 10.1. The molecule has 0 aliphatic heterocycles. The van der Waals surface area contributed by atoms with E-state index in [1.54, 1.807) is 22.9 Å². The lowest BCUT2D eigenvalue weighted by Gasteiger charge is -2.07. The number of fused-ring (bicyclic) bond motifs is 1. The number of phenolic OH excluding ortho intramolecular Hbond substituents is 1. The van der Waals surface area contributed by atoms with E-state index in [1.165, 1.54) is 0 Å².